The van der Waals surface area contributed by atoms with E-state index in [-0.39, 0.29) is 17.0 Å². The van der Waals surface area contributed by atoms with Gasteiger partial charge >= 0.3 is 0 Å². The molecule has 1 amide bonds. The second kappa shape index (κ2) is 6.21. The summed E-state index contributed by atoms with van der Waals surface area (Å²) >= 11 is 0. The summed E-state index contributed by atoms with van der Waals surface area (Å²) in [7, 11) is 0. The minimum atomic E-state index is -0.612. The zero-order valence-corrected chi connectivity index (χ0v) is 13.2. The molecule has 1 atom stereocenters. The van der Waals surface area contributed by atoms with E-state index in [0.29, 0.717) is 5.69 Å². The highest BCUT2D eigenvalue weighted by Gasteiger charge is 2.24. The standard InChI is InChI=1S/C15H20FN5O/c1-5-15(3,4)18-14(22)10(2)21-9-12(19-20-21)11-7-6-8-17-13(11)16/h6-10H,5H2,1-4H3,(H,18,22). The third kappa shape index (κ3) is 3.47. The Morgan fingerprint density at radius 1 is 1.50 bits per heavy atom. The molecule has 0 saturated heterocycles. The number of carbonyl (C=O) groups is 1. The molecule has 0 radical (unpaired) electrons. The van der Waals surface area contributed by atoms with Crippen LogP contribution in [-0.4, -0.2) is 31.4 Å². The maximum atomic E-state index is 13.6. The SMILES string of the molecule is CCC(C)(C)NC(=O)C(C)n1cc(-c2cccnc2F)nn1. The molecule has 0 bridgehead atoms. The van der Waals surface area contributed by atoms with E-state index in [9.17, 15) is 9.18 Å². The maximum absolute atomic E-state index is 13.6. The van der Waals surface area contributed by atoms with Gasteiger partial charge in [-0.2, -0.15) is 4.39 Å². The molecule has 1 N–H and O–H groups in total. The van der Waals surface area contributed by atoms with Crippen LogP contribution < -0.4 is 5.32 Å². The van der Waals surface area contributed by atoms with Gasteiger partial charge in [0.2, 0.25) is 11.9 Å². The molecule has 7 heteroatoms. The first-order chi connectivity index (χ1) is 10.3. The zero-order chi connectivity index (χ0) is 16.3. The minimum absolute atomic E-state index is 0.157. The normalized spacial score (nSPS) is 13.0. The summed E-state index contributed by atoms with van der Waals surface area (Å²) in [5.74, 6) is -0.770. The van der Waals surface area contributed by atoms with Gasteiger partial charge in [-0.15, -0.1) is 5.10 Å². The van der Waals surface area contributed by atoms with E-state index >= 15 is 0 Å². The van der Waals surface area contributed by atoms with Crippen molar-refractivity contribution in [2.24, 2.45) is 0 Å². The lowest BCUT2D eigenvalue weighted by atomic mass is 10.0. The molecule has 2 heterocycles. The van der Waals surface area contributed by atoms with Crippen LogP contribution in [0.25, 0.3) is 11.3 Å². The summed E-state index contributed by atoms with van der Waals surface area (Å²) in [5, 5.41) is 10.8. The minimum Gasteiger partial charge on any atom is -0.349 e. The molecule has 2 aromatic heterocycles. The Balaban J connectivity index is 2.18. The van der Waals surface area contributed by atoms with Gasteiger partial charge in [0.25, 0.3) is 0 Å². The van der Waals surface area contributed by atoms with Crippen LogP contribution in [0.2, 0.25) is 0 Å². The third-order valence-corrected chi connectivity index (χ3v) is 3.67. The van der Waals surface area contributed by atoms with Gasteiger partial charge in [-0.25, -0.2) is 9.67 Å². The van der Waals surface area contributed by atoms with Crippen LogP contribution in [0.1, 0.15) is 40.2 Å². The van der Waals surface area contributed by atoms with Crippen LogP contribution in [0.4, 0.5) is 4.39 Å². The first-order valence-corrected chi connectivity index (χ1v) is 7.19. The highest BCUT2D eigenvalue weighted by atomic mass is 19.1. The Labute approximate surface area is 128 Å². The fraction of sp³-hybridized carbons (Fsp3) is 0.467. The summed E-state index contributed by atoms with van der Waals surface area (Å²) in [5.41, 5.74) is 0.319. The van der Waals surface area contributed by atoms with Gasteiger partial charge in [0, 0.05) is 11.7 Å². The lowest BCUT2D eigenvalue weighted by Crippen LogP contribution is -2.45. The molecule has 0 aliphatic heterocycles. The van der Waals surface area contributed by atoms with Crippen LogP contribution in [0.15, 0.2) is 24.5 Å². The van der Waals surface area contributed by atoms with Gasteiger partial charge in [-0.1, -0.05) is 12.1 Å². The largest absolute Gasteiger partial charge is 0.349 e. The summed E-state index contributed by atoms with van der Waals surface area (Å²) in [6, 6.07) is 2.66. The highest BCUT2D eigenvalue weighted by Crippen LogP contribution is 2.19. The smallest absolute Gasteiger partial charge is 0.245 e. The lowest BCUT2D eigenvalue weighted by Gasteiger charge is -2.26. The van der Waals surface area contributed by atoms with E-state index in [1.807, 2.05) is 20.8 Å². The molecular weight excluding hydrogens is 285 g/mol. The molecule has 22 heavy (non-hydrogen) atoms. The van der Waals surface area contributed by atoms with Crippen LogP contribution in [0.3, 0.4) is 0 Å². The summed E-state index contributed by atoms with van der Waals surface area (Å²) in [4.78, 5) is 15.8. The highest BCUT2D eigenvalue weighted by molar-refractivity contribution is 5.80. The molecule has 2 rings (SSSR count). The molecule has 0 saturated carbocycles. The Bertz CT molecular complexity index is 667. The van der Waals surface area contributed by atoms with Crippen LogP contribution in [0, 0.1) is 5.95 Å². The van der Waals surface area contributed by atoms with Crippen LogP contribution >= 0.6 is 0 Å². The van der Waals surface area contributed by atoms with Crippen LogP contribution in [0.5, 0.6) is 0 Å². The number of halogens is 1. The quantitative estimate of drug-likeness (QED) is 0.861. The number of nitrogens with one attached hydrogen (secondary N) is 1. The molecule has 6 nitrogen and oxygen atoms in total. The lowest BCUT2D eigenvalue weighted by molar-refractivity contribution is -0.125. The van der Waals surface area contributed by atoms with Crippen molar-refractivity contribution in [2.75, 3.05) is 0 Å². The van der Waals surface area contributed by atoms with Gasteiger partial charge < -0.3 is 5.32 Å². The van der Waals surface area contributed by atoms with Crippen molar-refractivity contribution >= 4 is 5.91 Å². The van der Waals surface area contributed by atoms with Gasteiger partial charge in [-0.05, 0) is 39.3 Å². The molecule has 118 valence electrons. The molecule has 0 aromatic carbocycles. The Kier molecular flexibility index (Phi) is 4.54. The average molecular weight is 305 g/mol. The maximum Gasteiger partial charge on any atom is 0.245 e. The van der Waals surface area contributed by atoms with Gasteiger partial charge in [0.1, 0.15) is 11.7 Å². The van der Waals surface area contributed by atoms with Crippen molar-refractivity contribution in [3.63, 3.8) is 0 Å². The van der Waals surface area contributed by atoms with Crippen molar-refractivity contribution in [1.82, 2.24) is 25.3 Å². The molecule has 2 aromatic rings. The number of nitrogens with zero attached hydrogens (tertiary/aromatic N) is 4. The second-order valence-electron chi connectivity index (χ2n) is 5.83. The van der Waals surface area contributed by atoms with E-state index in [4.69, 9.17) is 0 Å². The van der Waals surface area contributed by atoms with Crippen molar-refractivity contribution < 1.29 is 9.18 Å². The van der Waals surface area contributed by atoms with E-state index in [1.165, 1.54) is 10.9 Å². The molecule has 1 unspecified atom stereocenters. The van der Waals surface area contributed by atoms with E-state index in [1.54, 1.807) is 25.3 Å². The average Bonchev–Trinajstić information content (AvgIpc) is 2.96. The molecule has 0 spiro atoms. The zero-order valence-electron chi connectivity index (χ0n) is 13.2. The van der Waals surface area contributed by atoms with E-state index < -0.39 is 12.0 Å². The molecule has 0 aliphatic carbocycles. The predicted octanol–water partition coefficient (Wildman–Crippen LogP) is 2.34. The summed E-state index contributed by atoms with van der Waals surface area (Å²) in [6.45, 7) is 7.63. The number of hydrogen-bond donors (Lipinski definition) is 1. The van der Waals surface area contributed by atoms with Crippen molar-refractivity contribution in [3.8, 4) is 11.3 Å². The first kappa shape index (κ1) is 16.1. The molecular formula is C15H20FN5O. The monoisotopic (exact) mass is 305 g/mol. The van der Waals surface area contributed by atoms with Gasteiger partial charge in [-0.3, -0.25) is 4.79 Å². The second-order valence-corrected chi connectivity index (χ2v) is 5.83. The fourth-order valence-corrected chi connectivity index (χ4v) is 1.81. The number of rotatable bonds is 5. The van der Waals surface area contributed by atoms with E-state index in [2.05, 4.69) is 20.6 Å². The topological polar surface area (TPSA) is 72.7 Å². The van der Waals surface area contributed by atoms with Crippen molar-refractivity contribution in [1.29, 1.82) is 0 Å². The predicted molar refractivity (Wildman–Crippen MR) is 80.4 cm³/mol. The summed E-state index contributed by atoms with van der Waals surface area (Å²) < 4.78 is 15.1. The van der Waals surface area contributed by atoms with Crippen LogP contribution in [-0.2, 0) is 4.79 Å². The number of hydrogen-bond acceptors (Lipinski definition) is 4. The third-order valence-electron chi connectivity index (χ3n) is 3.67. The number of aromatic nitrogens is 4. The number of amides is 1. The Morgan fingerprint density at radius 2 is 2.23 bits per heavy atom. The molecule has 0 aliphatic rings. The van der Waals surface area contributed by atoms with Crippen molar-refractivity contribution in [2.45, 2.75) is 45.7 Å². The number of pyridine rings is 1. The van der Waals surface area contributed by atoms with Gasteiger partial charge in [0.05, 0.1) is 11.8 Å². The Hall–Kier alpha value is -2.31. The molecule has 0 fully saturated rings. The van der Waals surface area contributed by atoms with Crippen molar-refractivity contribution in [3.05, 3.63) is 30.5 Å². The summed E-state index contributed by atoms with van der Waals surface area (Å²) in [6.07, 6.45) is 3.73. The first-order valence-electron chi connectivity index (χ1n) is 7.19. The number of carbonyl (C=O) groups excluding carboxylic acids is 1. The van der Waals surface area contributed by atoms with Gasteiger partial charge in [0.15, 0.2) is 0 Å². The Morgan fingerprint density at radius 3 is 2.86 bits per heavy atom. The fourth-order valence-electron chi connectivity index (χ4n) is 1.81. The van der Waals surface area contributed by atoms with E-state index in [0.717, 1.165) is 6.42 Å².